The Labute approximate surface area is 222 Å². The van der Waals surface area contributed by atoms with E-state index in [1.54, 1.807) is 13.1 Å². The standard InChI is InChI=1S/C27H30N6O4S/c1-18-6-5-7-19(2)26(18)23-14-25(30-27(29-23)31-38(34,35)22-15-28-33(4)16-22)37-21-10-8-20(9-11-21)24-17-32(3)12-13-36-24/h5-11,14-16,24H,12-13,17H2,1-4H3,(H,29,30,31). The lowest BCUT2D eigenvalue weighted by Gasteiger charge is -2.30. The quantitative estimate of drug-likeness (QED) is 0.377. The summed E-state index contributed by atoms with van der Waals surface area (Å²) >= 11 is 0. The number of aromatic nitrogens is 4. The maximum Gasteiger partial charge on any atom is 0.267 e. The molecule has 0 radical (unpaired) electrons. The van der Waals surface area contributed by atoms with Crippen LogP contribution in [0.4, 0.5) is 5.95 Å². The van der Waals surface area contributed by atoms with Gasteiger partial charge in [-0.15, -0.1) is 0 Å². The molecule has 0 amide bonds. The second-order valence-corrected chi connectivity index (χ2v) is 11.1. The highest BCUT2D eigenvalue weighted by atomic mass is 32.2. The van der Waals surface area contributed by atoms with Crippen LogP contribution in [0.25, 0.3) is 11.3 Å². The van der Waals surface area contributed by atoms with Gasteiger partial charge in [0.15, 0.2) is 0 Å². The second kappa shape index (κ2) is 10.5. The van der Waals surface area contributed by atoms with Crippen LogP contribution in [0.2, 0.25) is 0 Å². The van der Waals surface area contributed by atoms with Gasteiger partial charge in [-0.05, 0) is 49.7 Å². The summed E-state index contributed by atoms with van der Waals surface area (Å²) in [5.74, 6) is 0.673. The van der Waals surface area contributed by atoms with E-state index in [1.165, 1.54) is 17.1 Å². The molecule has 0 aliphatic carbocycles. The van der Waals surface area contributed by atoms with Crippen molar-refractivity contribution >= 4 is 16.0 Å². The lowest BCUT2D eigenvalue weighted by atomic mass is 10.00. The van der Waals surface area contributed by atoms with Crippen LogP contribution in [0.1, 0.15) is 22.8 Å². The number of nitrogens with one attached hydrogen (secondary N) is 1. The number of benzene rings is 2. The predicted octanol–water partition coefficient (Wildman–Crippen LogP) is 4.09. The molecule has 0 bridgehead atoms. The highest BCUT2D eigenvalue weighted by Crippen LogP contribution is 2.32. The number of morpholine rings is 1. The first-order valence-corrected chi connectivity index (χ1v) is 13.7. The summed E-state index contributed by atoms with van der Waals surface area (Å²) in [4.78, 5) is 11.2. The zero-order valence-corrected chi connectivity index (χ0v) is 22.6. The van der Waals surface area contributed by atoms with Crippen molar-refractivity contribution in [2.45, 2.75) is 24.8 Å². The second-order valence-electron chi connectivity index (χ2n) is 9.43. The number of aryl methyl sites for hydroxylation is 3. The van der Waals surface area contributed by atoms with Crippen LogP contribution < -0.4 is 9.46 Å². The number of rotatable bonds is 7. The Hall–Kier alpha value is -3.80. The highest BCUT2D eigenvalue weighted by molar-refractivity contribution is 7.92. The normalized spacial score (nSPS) is 16.4. The maximum absolute atomic E-state index is 13.0. The number of anilines is 1. The third kappa shape index (κ3) is 5.69. The van der Waals surface area contributed by atoms with Gasteiger partial charge in [0.2, 0.25) is 11.8 Å². The molecule has 38 heavy (non-hydrogen) atoms. The molecule has 1 aliphatic heterocycles. The van der Waals surface area contributed by atoms with E-state index < -0.39 is 10.0 Å². The van der Waals surface area contributed by atoms with Crippen molar-refractivity contribution in [2.75, 3.05) is 31.5 Å². The minimum absolute atomic E-state index is 0.00553. The summed E-state index contributed by atoms with van der Waals surface area (Å²) in [7, 11) is -0.231. The molecular weight excluding hydrogens is 504 g/mol. The minimum atomic E-state index is -3.96. The van der Waals surface area contributed by atoms with Gasteiger partial charge in [-0.2, -0.15) is 10.1 Å². The van der Waals surface area contributed by atoms with Gasteiger partial charge >= 0.3 is 0 Å². The molecule has 10 nitrogen and oxygen atoms in total. The highest BCUT2D eigenvalue weighted by Gasteiger charge is 2.21. The third-order valence-electron chi connectivity index (χ3n) is 6.40. The first-order valence-electron chi connectivity index (χ1n) is 12.2. The average Bonchev–Trinajstić information content (AvgIpc) is 3.31. The number of sulfonamides is 1. The molecule has 1 unspecified atom stereocenters. The molecule has 5 rings (SSSR count). The summed E-state index contributed by atoms with van der Waals surface area (Å²) in [6.07, 6.45) is 2.68. The van der Waals surface area contributed by atoms with Gasteiger partial charge in [0, 0.05) is 38.0 Å². The Bertz CT molecular complexity index is 1530. The van der Waals surface area contributed by atoms with Gasteiger partial charge in [-0.1, -0.05) is 30.3 Å². The first-order chi connectivity index (χ1) is 18.2. The molecule has 11 heteroatoms. The summed E-state index contributed by atoms with van der Waals surface area (Å²) in [6, 6.07) is 15.3. The molecule has 0 spiro atoms. The van der Waals surface area contributed by atoms with Crippen LogP contribution >= 0.6 is 0 Å². The van der Waals surface area contributed by atoms with Gasteiger partial charge in [0.1, 0.15) is 10.6 Å². The van der Waals surface area contributed by atoms with Crippen LogP contribution in [0.15, 0.2) is 65.8 Å². The Morgan fingerprint density at radius 2 is 1.79 bits per heavy atom. The van der Waals surface area contributed by atoms with E-state index >= 15 is 0 Å². The van der Waals surface area contributed by atoms with Crippen LogP contribution in [0, 0.1) is 13.8 Å². The van der Waals surface area contributed by atoms with Crippen molar-refractivity contribution < 1.29 is 17.9 Å². The van der Waals surface area contributed by atoms with Crippen molar-refractivity contribution in [3.63, 3.8) is 0 Å². The fourth-order valence-corrected chi connectivity index (χ4v) is 5.36. The van der Waals surface area contributed by atoms with Crippen LogP contribution in [-0.2, 0) is 21.8 Å². The van der Waals surface area contributed by atoms with Gasteiger partial charge in [0.05, 0.1) is 24.6 Å². The van der Waals surface area contributed by atoms with Gasteiger partial charge in [-0.25, -0.2) is 18.1 Å². The lowest BCUT2D eigenvalue weighted by molar-refractivity contribution is -0.0209. The fourth-order valence-electron chi connectivity index (χ4n) is 4.44. The zero-order chi connectivity index (χ0) is 26.9. The Morgan fingerprint density at radius 3 is 2.45 bits per heavy atom. The summed E-state index contributed by atoms with van der Waals surface area (Å²) in [5, 5.41) is 3.95. The maximum atomic E-state index is 13.0. The number of ether oxygens (including phenoxy) is 2. The number of nitrogens with zero attached hydrogens (tertiary/aromatic N) is 5. The molecule has 4 aromatic rings. The van der Waals surface area contributed by atoms with Gasteiger partial charge < -0.3 is 14.4 Å². The van der Waals surface area contributed by atoms with E-state index in [9.17, 15) is 8.42 Å². The van der Waals surface area contributed by atoms with Crippen molar-refractivity contribution in [2.24, 2.45) is 7.05 Å². The average molecular weight is 535 g/mol. The summed E-state index contributed by atoms with van der Waals surface area (Å²) in [6.45, 7) is 6.40. The lowest BCUT2D eigenvalue weighted by Crippen LogP contribution is -2.35. The predicted molar refractivity (Wildman–Crippen MR) is 144 cm³/mol. The third-order valence-corrected chi connectivity index (χ3v) is 7.68. The molecule has 2 aromatic carbocycles. The van der Waals surface area contributed by atoms with E-state index in [-0.39, 0.29) is 22.8 Å². The van der Waals surface area contributed by atoms with Crippen molar-refractivity contribution in [3.8, 4) is 22.9 Å². The van der Waals surface area contributed by atoms with E-state index in [0.29, 0.717) is 18.1 Å². The molecule has 1 atom stereocenters. The fraction of sp³-hybridized carbons (Fsp3) is 0.296. The minimum Gasteiger partial charge on any atom is -0.439 e. The van der Waals surface area contributed by atoms with Gasteiger partial charge in [-0.3, -0.25) is 4.68 Å². The van der Waals surface area contributed by atoms with Gasteiger partial charge in [0.25, 0.3) is 10.0 Å². The van der Waals surface area contributed by atoms with Crippen LogP contribution in [-0.4, -0.2) is 59.8 Å². The molecule has 1 N–H and O–H groups in total. The zero-order valence-electron chi connectivity index (χ0n) is 21.7. The molecule has 1 saturated heterocycles. The molecule has 0 saturated carbocycles. The first kappa shape index (κ1) is 25.8. The smallest absolute Gasteiger partial charge is 0.267 e. The molecule has 2 aromatic heterocycles. The van der Waals surface area contributed by atoms with Crippen molar-refractivity contribution in [1.82, 2.24) is 24.6 Å². The van der Waals surface area contributed by atoms with Crippen molar-refractivity contribution in [1.29, 1.82) is 0 Å². The van der Waals surface area contributed by atoms with E-state index in [0.717, 1.165) is 35.3 Å². The number of hydrogen-bond acceptors (Lipinski definition) is 8. The molecule has 1 aliphatic rings. The van der Waals surface area contributed by atoms with Crippen molar-refractivity contribution in [3.05, 3.63) is 77.6 Å². The number of hydrogen-bond donors (Lipinski definition) is 1. The Kier molecular flexibility index (Phi) is 7.15. The Balaban J connectivity index is 1.47. The van der Waals surface area contributed by atoms with Crippen LogP contribution in [0.3, 0.4) is 0 Å². The monoisotopic (exact) mass is 534 g/mol. The molecule has 198 valence electrons. The topological polar surface area (TPSA) is 111 Å². The van der Waals surface area contributed by atoms with E-state index in [1.807, 2.05) is 56.3 Å². The molecule has 3 heterocycles. The summed E-state index contributed by atoms with van der Waals surface area (Å²) < 4.78 is 41.8. The van der Waals surface area contributed by atoms with E-state index in [4.69, 9.17) is 9.47 Å². The number of likely N-dealkylation sites (N-methyl/N-ethyl adjacent to an activating group) is 1. The largest absolute Gasteiger partial charge is 0.439 e. The SMILES string of the molecule is Cc1cccc(C)c1-c1cc(Oc2ccc(C3CN(C)CCO3)cc2)nc(NS(=O)(=O)c2cnn(C)c2)n1. The molecule has 1 fully saturated rings. The van der Waals surface area contributed by atoms with Crippen LogP contribution in [0.5, 0.6) is 11.6 Å². The summed E-state index contributed by atoms with van der Waals surface area (Å²) in [5.41, 5.74) is 4.49. The molecular formula is C27H30N6O4S. The Morgan fingerprint density at radius 1 is 1.05 bits per heavy atom. The van der Waals surface area contributed by atoms with E-state index in [2.05, 4.69) is 31.7 Å².